The second-order valence-electron chi connectivity index (χ2n) is 5.05. The number of nitrogens with one attached hydrogen (secondary N) is 1. The molecule has 2 rings (SSSR count). The van der Waals surface area contributed by atoms with Crippen molar-refractivity contribution in [2.45, 2.75) is 52.0 Å². The minimum absolute atomic E-state index is 0.654. The van der Waals surface area contributed by atoms with Crippen LogP contribution < -0.4 is 5.32 Å². The fraction of sp³-hybridized carbons (Fsp3) is 0.769. The number of aryl methyl sites for hydroxylation is 1. The zero-order valence-corrected chi connectivity index (χ0v) is 10.7. The van der Waals surface area contributed by atoms with Gasteiger partial charge in [-0.15, -0.1) is 0 Å². The Labute approximate surface area is 98.2 Å². The first-order chi connectivity index (χ1) is 7.70. The summed E-state index contributed by atoms with van der Waals surface area (Å²) in [5.74, 6) is 0.920. The molecule has 0 saturated heterocycles. The Bertz CT molecular complexity index is 343. The van der Waals surface area contributed by atoms with Gasteiger partial charge in [-0.3, -0.25) is 4.68 Å². The summed E-state index contributed by atoms with van der Waals surface area (Å²) in [6.45, 7) is 4.43. The first-order valence-corrected chi connectivity index (χ1v) is 6.45. The van der Waals surface area contributed by atoms with Crippen LogP contribution in [0.4, 0.5) is 5.69 Å². The summed E-state index contributed by atoms with van der Waals surface area (Å²) in [6.07, 6.45) is 8.70. The van der Waals surface area contributed by atoms with E-state index < -0.39 is 0 Å². The molecule has 0 spiro atoms. The normalized spacial score (nSPS) is 25.7. The van der Waals surface area contributed by atoms with Gasteiger partial charge in [0.05, 0.1) is 17.6 Å². The third-order valence-electron chi connectivity index (χ3n) is 3.96. The molecular formula is C13H23N3. The predicted octanol–water partition coefficient (Wildman–Crippen LogP) is 3.11. The van der Waals surface area contributed by atoms with E-state index in [0.717, 1.165) is 5.92 Å². The molecule has 1 heterocycles. The molecule has 1 N–H and O–H groups in total. The van der Waals surface area contributed by atoms with Gasteiger partial charge in [0.2, 0.25) is 0 Å². The van der Waals surface area contributed by atoms with Crippen molar-refractivity contribution in [1.29, 1.82) is 0 Å². The summed E-state index contributed by atoms with van der Waals surface area (Å²) in [6, 6.07) is 0.654. The second-order valence-corrected chi connectivity index (χ2v) is 5.05. The lowest BCUT2D eigenvalue weighted by atomic mass is 9.84. The van der Waals surface area contributed by atoms with Crippen LogP contribution in [0.3, 0.4) is 0 Å². The lowest BCUT2D eigenvalue weighted by Crippen LogP contribution is -2.27. The van der Waals surface area contributed by atoms with Crippen LogP contribution in [-0.2, 0) is 7.05 Å². The molecular weight excluding hydrogens is 198 g/mol. The molecule has 1 aliphatic rings. The molecule has 3 nitrogen and oxygen atoms in total. The fourth-order valence-corrected chi connectivity index (χ4v) is 2.65. The molecule has 90 valence electrons. The first kappa shape index (κ1) is 11.5. The van der Waals surface area contributed by atoms with E-state index in [1.54, 1.807) is 0 Å². The highest BCUT2D eigenvalue weighted by Gasteiger charge is 2.21. The van der Waals surface area contributed by atoms with Gasteiger partial charge in [0.15, 0.2) is 0 Å². The minimum atomic E-state index is 0.654. The zero-order chi connectivity index (χ0) is 11.5. The van der Waals surface area contributed by atoms with Crippen LogP contribution in [0.5, 0.6) is 0 Å². The smallest absolute Gasteiger partial charge is 0.0758 e. The lowest BCUT2D eigenvalue weighted by molar-refractivity contribution is 0.327. The topological polar surface area (TPSA) is 29.9 Å². The average molecular weight is 221 g/mol. The number of rotatable bonds is 3. The number of aromatic nitrogens is 2. The van der Waals surface area contributed by atoms with E-state index >= 15 is 0 Å². The molecule has 2 atom stereocenters. The summed E-state index contributed by atoms with van der Waals surface area (Å²) in [5, 5.41) is 7.93. The van der Waals surface area contributed by atoms with Crippen molar-refractivity contribution < 1.29 is 0 Å². The van der Waals surface area contributed by atoms with E-state index in [4.69, 9.17) is 0 Å². The Morgan fingerprint density at radius 3 is 2.94 bits per heavy atom. The molecule has 0 aromatic carbocycles. The fourth-order valence-electron chi connectivity index (χ4n) is 2.65. The molecule has 1 aliphatic carbocycles. The molecule has 3 heteroatoms. The predicted molar refractivity (Wildman–Crippen MR) is 67.6 cm³/mol. The van der Waals surface area contributed by atoms with Gasteiger partial charge in [0.25, 0.3) is 0 Å². The van der Waals surface area contributed by atoms with Gasteiger partial charge in [0, 0.05) is 13.1 Å². The standard InChI is InChI=1S/C13H23N3/c1-4-11-6-5-7-12(8-11)15-13-9-14-16(3)10(13)2/h9,11-12,15H,4-8H2,1-3H3. The van der Waals surface area contributed by atoms with Crippen LogP contribution in [0.25, 0.3) is 0 Å². The maximum atomic E-state index is 4.28. The van der Waals surface area contributed by atoms with E-state index in [0.29, 0.717) is 6.04 Å². The van der Waals surface area contributed by atoms with E-state index in [2.05, 4.69) is 24.3 Å². The molecule has 1 saturated carbocycles. The first-order valence-electron chi connectivity index (χ1n) is 6.45. The van der Waals surface area contributed by atoms with Crippen LogP contribution in [0.2, 0.25) is 0 Å². The monoisotopic (exact) mass is 221 g/mol. The number of anilines is 1. The quantitative estimate of drug-likeness (QED) is 0.850. The van der Waals surface area contributed by atoms with Crippen molar-refractivity contribution in [3.8, 4) is 0 Å². The zero-order valence-electron chi connectivity index (χ0n) is 10.7. The van der Waals surface area contributed by atoms with Crippen LogP contribution in [0.1, 0.15) is 44.7 Å². The molecule has 1 aromatic heterocycles. The van der Waals surface area contributed by atoms with Gasteiger partial charge in [-0.25, -0.2) is 0 Å². The second kappa shape index (κ2) is 4.89. The molecule has 0 bridgehead atoms. The van der Waals surface area contributed by atoms with Crippen molar-refractivity contribution >= 4 is 5.69 Å². The van der Waals surface area contributed by atoms with Gasteiger partial charge in [-0.1, -0.05) is 26.2 Å². The van der Waals surface area contributed by atoms with Crippen molar-refractivity contribution in [1.82, 2.24) is 9.78 Å². The Balaban J connectivity index is 1.96. The van der Waals surface area contributed by atoms with Gasteiger partial charge in [-0.2, -0.15) is 5.10 Å². The van der Waals surface area contributed by atoms with Crippen LogP contribution >= 0.6 is 0 Å². The largest absolute Gasteiger partial charge is 0.380 e. The maximum Gasteiger partial charge on any atom is 0.0758 e. The average Bonchev–Trinajstić information content (AvgIpc) is 2.61. The number of hydrogen-bond acceptors (Lipinski definition) is 2. The van der Waals surface area contributed by atoms with Crippen molar-refractivity contribution in [3.63, 3.8) is 0 Å². The SMILES string of the molecule is CCC1CCCC(Nc2cnn(C)c2C)C1. The Kier molecular flexibility index (Phi) is 3.52. The lowest BCUT2D eigenvalue weighted by Gasteiger charge is -2.29. The van der Waals surface area contributed by atoms with Gasteiger partial charge in [-0.05, 0) is 25.7 Å². The highest BCUT2D eigenvalue weighted by atomic mass is 15.3. The Morgan fingerprint density at radius 2 is 2.31 bits per heavy atom. The molecule has 16 heavy (non-hydrogen) atoms. The van der Waals surface area contributed by atoms with Crippen molar-refractivity contribution in [3.05, 3.63) is 11.9 Å². The molecule has 1 fully saturated rings. The van der Waals surface area contributed by atoms with Crippen molar-refractivity contribution in [2.75, 3.05) is 5.32 Å². The van der Waals surface area contributed by atoms with Crippen molar-refractivity contribution in [2.24, 2.45) is 13.0 Å². The van der Waals surface area contributed by atoms with Crippen LogP contribution in [-0.4, -0.2) is 15.8 Å². The van der Waals surface area contributed by atoms with E-state index in [-0.39, 0.29) is 0 Å². The molecule has 0 amide bonds. The summed E-state index contributed by atoms with van der Waals surface area (Å²) in [4.78, 5) is 0. The molecule has 0 aliphatic heterocycles. The van der Waals surface area contributed by atoms with E-state index in [9.17, 15) is 0 Å². The van der Waals surface area contributed by atoms with E-state index in [1.165, 1.54) is 43.5 Å². The minimum Gasteiger partial charge on any atom is -0.380 e. The Morgan fingerprint density at radius 1 is 1.50 bits per heavy atom. The van der Waals surface area contributed by atoms with Gasteiger partial charge < -0.3 is 5.32 Å². The third-order valence-corrected chi connectivity index (χ3v) is 3.96. The van der Waals surface area contributed by atoms with Gasteiger partial charge >= 0.3 is 0 Å². The number of hydrogen-bond donors (Lipinski definition) is 1. The van der Waals surface area contributed by atoms with Gasteiger partial charge in [0.1, 0.15) is 0 Å². The highest BCUT2D eigenvalue weighted by Crippen LogP contribution is 2.29. The van der Waals surface area contributed by atoms with E-state index in [1.807, 2.05) is 17.9 Å². The Hall–Kier alpha value is -0.990. The number of nitrogens with zero attached hydrogens (tertiary/aromatic N) is 2. The van der Waals surface area contributed by atoms with Crippen LogP contribution in [0.15, 0.2) is 6.20 Å². The summed E-state index contributed by atoms with van der Waals surface area (Å²) in [5.41, 5.74) is 2.45. The summed E-state index contributed by atoms with van der Waals surface area (Å²) >= 11 is 0. The van der Waals surface area contributed by atoms with Crippen LogP contribution in [0, 0.1) is 12.8 Å². The summed E-state index contributed by atoms with van der Waals surface area (Å²) in [7, 11) is 2.00. The summed E-state index contributed by atoms with van der Waals surface area (Å²) < 4.78 is 1.93. The third kappa shape index (κ3) is 2.39. The molecule has 2 unspecified atom stereocenters. The molecule has 1 aromatic rings. The highest BCUT2D eigenvalue weighted by molar-refractivity contribution is 5.46. The molecule has 0 radical (unpaired) electrons. The maximum absolute atomic E-state index is 4.28.